The Kier molecular flexibility index (Phi) is 9.10. The van der Waals surface area contributed by atoms with Crippen LogP contribution in [0.4, 0.5) is 39.5 Å². The minimum absolute atomic E-state index is 0.0805. The lowest BCUT2D eigenvalue weighted by atomic mass is 9.12. The van der Waals surface area contributed by atoms with Gasteiger partial charge in [-0.15, -0.1) is 0 Å². The maximum Gasteiger partial charge on any atom is 0.416 e. The highest BCUT2D eigenvalue weighted by Gasteiger charge is 2.43. The van der Waals surface area contributed by atoms with Gasteiger partial charge in [0.15, 0.2) is 0 Å². The van der Waals surface area contributed by atoms with Gasteiger partial charge >= 0.3 is 18.5 Å². The highest BCUT2D eigenvalue weighted by atomic mass is 127. The molecule has 0 bridgehead atoms. The molecular formula is C38H24BF9I-. The van der Waals surface area contributed by atoms with Gasteiger partial charge in [-0.05, 0) is 22.3 Å². The molecule has 0 fully saturated rings. The smallest absolute Gasteiger partial charge is 0.200 e. The largest absolute Gasteiger partial charge is 0.416 e. The fourth-order valence-corrected chi connectivity index (χ4v) is 8.26. The van der Waals surface area contributed by atoms with Gasteiger partial charge in [-0.1, -0.05) is 162 Å². The predicted octanol–water partition coefficient (Wildman–Crippen LogP) is 10.1. The molecule has 250 valence electrons. The van der Waals surface area contributed by atoms with Crippen molar-refractivity contribution in [2.24, 2.45) is 0 Å². The Bertz CT molecular complexity index is 1900. The molecule has 5 aromatic carbocycles. The molecule has 0 aliphatic heterocycles. The monoisotopic (exact) mass is 789 g/mol. The van der Waals surface area contributed by atoms with E-state index in [0.717, 1.165) is 71.3 Å². The summed E-state index contributed by atoms with van der Waals surface area (Å²) in [7, 11) is 0. The third kappa shape index (κ3) is 6.57. The zero-order chi connectivity index (χ0) is 35.2. The van der Waals surface area contributed by atoms with Gasteiger partial charge in [0.25, 0.3) is 0 Å². The van der Waals surface area contributed by atoms with E-state index in [2.05, 4.69) is 22.6 Å². The van der Waals surface area contributed by atoms with E-state index in [4.69, 9.17) is 0 Å². The van der Waals surface area contributed by atoms with Gasteiger partial charge in [0.2, 0.25) is 0 Å². The van der Waals surface area contributed by atoms with E-state index in [9.17, 15) is 39.5 Å². The molecule has 1 aliphatic rings. The van der Waals surface area contributed by atoms with E-state index < -0.39 is 45.3 Å². The number of hydrogen-bond acceptors (Lipinski definition) is 0. The number of alkyl halides is 10. The molecule has 0 aromatic heterocycles. The summed E-state index contributed by atoms with van der Waals surface area (Å²) in [6, 6.07) is 30.6. The normalized spacial score (nSPS) is 15.8. The summed E-state index contributed by atoms with van der Waals surface area (Å²) in [4.78, 5) is 0. The number of hydrogen-bond donors (Lipinski definition) is 0. The predicted molar refractivity (Wildman–Crippen MR) is 185 cm³/mol. The fourth-order valence-electron chi connectivity index (χ4n) is 6.85. The molecule has 0 radical (unpaired) electrons. The summed E-state index contributed by atoms with van der Waals surface area (Å²) in [5.74, 6) is 0. The van der Waals surface area contributed by atoms with Crippen molar-refractivity contribution in [3.05, 3.63) is 173 Å². The van der Waals surface area contributed by atoms with Gasteiger partial charge in [-0.25, -0.2) is 0 Å². The van der Waals surface area contributed by atoms with Crippen LogP contribution in [0.2, 0.25) is 0 Å². The van der Waals surface area contributed by atoms with Gasteiger partial charge in [0.05, 0.1) is 16.7 Å². The molecule has 11 heteroatoms. The lowest BCUT2D eigenvalue weighted by Gasteiger charge is -2.47. The third-order valence-corrected chi connectivity index (χ3v) is 10.3. The second kappa shape index (κ2) is 12.9. The summed E-state index contributed by atoms with van der Waals surface area (Å²) in [6.07, 6.45) is -15.9. The van der Waals surface area contributed by atoms with Crippen molar-refractivity contribution in [1.82, 2.24) is 0 Å². The molecule has 0 saturated heterocycles. The molecule has 6 rings (SSSR count). The highest BCUT2D eigenvalue weighted by Crippen LogP contribution is 2.46. The van der Waals surface area contributed by atoms with Crippen molar-refractivity contribution in [3.63, 3.8) is 0 Å². The lowest BCUT2D eigenvalue weighted by molar-refractivity contribution is -0.138. The van der Waals surface area contributed by atoms with Crippen LogP contribution in [-0.4, -0.2) is 10.1 Å². The topological polar surface area (TPSA) is 0 Å². The molecule has 1 atom stereocenters. The molecule has 0 spiro atoms. The van der Waals surface area contributed by atoms with E-state index in [1.807, 2.05) is 24.3 Å². The third-order valence-electron chi connectivity index (χ3n) is 8.96. The second-order valence-electron chi connectivity index (χ2n) is 11.8. The van der Waals surface area contributed by atoms with Gasteiger partial charge in [-0.2, -0.15) is 61.4 Å². The number of allylic oxidation sites excluding steroid dienone is 4. The molecular weight excluding hydrogens is 765 g/mol. The van der Waals surface area contributed by atoms with E-state index in [0.29, 0.717) is 11.0 Å². The first-order valence-electron chi connectivity index (χ1n) is 15.0. The second-order valence-corrected chi connectivity index (χ2v) is 13.0. The molecule has 0 N–H and O–H groups in total. The van der Waals surface area contributed by atoms with Gasteiger partial charge in [-0.3, -0.25) is 0 Å². The number of halogens is 10. The van der Waals surface area contributed by atoms with Crippen LogP contribution in [0, 0.1) is 0 Å². The van der Waals surface area contributed by atoms with Crippen molar-refractivity contribution in [1.29, 1.82) is 0 Å². The summed E-state index contributed by atoms with van der Waals surface area (Å²) in [5.41, 5.74) is -0.299. The molecule has 5 aromatic rings. The Balaban J connectivity index is 1.79. The lowest BCUT2D eigenvalue weighted by Crippen LogP contribution is -2.70. The Hall–Kier alpha value is -4.26. The maximum atomic E-state index is 14.3. The van der Waals surface area contributed by atoms with Crippen LogP contribution in [0.25, 0.3) is 11.1 Å². The van der Waals surface area contributed by atoms with Crippen LogP contribution in [-0.2, 0) is 18.5 Å². The summed E-state index contributed by atoms with van der Waals surface area (Å²) in [6.45, 7) is 0. The van der Waals surface area contributed by atoms with E-state index in [1.54, 1.807) is 42.5 Å². The minimum Gasteiger partial charge on any atom is -0.200 e. The quantitative estimate of drug-likeness (QED) is 0.0696. The molecule has 0 nitrogen and oxygen atoms in total. The standard InChI is InChI=1S/C38H24BF9I/c40-36(41,42)26-14-7-17-29(20-26)39(30-18-8-15-27(21-30)37(43,44)45,31-19-9-16-28(22-31)38(46,47)48)33-23-32(24-10-3-1-4-11-24)34(35(33)49)25-12-5-2-6-13-25/h1-23,35H/q-1. The van der Waals surface area contributed by atoms with Gasteiger partial charge < -0.3 is 0 Å². The molecule has 49 heavy (non-hydrogen) atoms. The van der Waals surface area contributed by atoms with Crippen LogP contribution in [0.1, 0.15) is 27.8 Å². The number of rotatable bonds is 6. The molecule has 0 amide bonds. The van der Waals surface area contributed by atoms with Crippen molar-refractivity contribution in [2.75, 3.05) is 0 Å². The van der Waals surface area contributed by atoms with Crippen LogP contribution >= 0.6 is 22.6 Å². The zero-order valence-corrected chi connectivity index (χ0v) is 27.4. The molecule has 0 saturated carbocycles. The highest BCUT2D eigenvalue weighted by molar-refractivity contribution is 14.1. The van der Waals surface area contributed by atoms with Gasteiger partial charge in [0, 0.05) is 3.92 Å². The van der Waals surface area contributed by atoms with Crippen molar-refractivity contribution < 1.29 is 39.5 Å². The van der Waals surface area contributed by atoms with Crippen LogP contribution < -0.4 is 16.4 Å². The van der Waals surface area contributed by atoms with E-state index in [-0.39, 0.29) is 16.4 Å². The minimum atomic E-state index is -4.85. The van der Waals surface area contributed by atoms with Crippen LogP contribution in [0.15, 0.2) is 145 Å². The molecule has 1 aliphatic carbocycles. The summed E-state index contributed by atoms with van der Waals surface area (Å²) in [5, 5.41) is 0. The SMILES string of the molecule is FC(F)(F)c1cccc([B-](C2=CC(c3ccccc3)=C(c3ccccc3)C2I)(c2cccc(C(F)(F)F)c2)c2cccc(C(F)(F)F)c2)c1. The average molecular weight is 789 g/mol. The Morgan fingerprint density at radius 3 is 1.18 bits per heavy atom. The van der Waals surface area contributed by atoms with E-state index in [1.165, 1.54) is 18.2 Å². The van der Waals surface area contributed by atoms with E-state index >= 15 is 0 Å². The first-order chi connectivity index (χ1) is 23.1. The zero-order valence-electron chi connectivity index (χ0n) is 25.2. The maximum absolute atomic E-state index is 14.3. The molecule has 0 heterocycles. The first-order valence-corrected chi connectivity index (χ1v) is 16.3. The van der Waals surface area contributed by atoms with Crippen molar-refractivity contribution in [2.45, 2.75) is 22.5 Å². The van der Waals surface area contributed by atoms with Crippen molar-refractivity contribution >= 4 is 56.3 Å². The Morgan fingerprint density at radius 1 is 0.449 bits per heavy atom. The van der Waals surface area contributed by atoms with Gasteiger partial charge in [0.1, 0.15) is 6.15 Å². The first kappa shape index (κ1) is 34.6. The summed E-state index contributed by atoms with van der Waals surface area (Å²) >= 11 is 2.10. The molecule has 1 unspecified atom stereocenters. The van der Waals surface area contributed by atoms with Crippen LogP contribution in [0.5, 0.6) is 0 Å². The number of benzene rings is 5. The fraction of sp³-hybridized carbons (Fsp3) is 0.105. The Labute approximate surface area is 290 Å². The van der Waals surface area contributed by atoms with Crippen molar-refractivity contribution in [3.8, 4) is 0 Å². The summed E-state index contributed by atoms with van der Waals surface area (Å²) < 4.78 is 128. The average Bonchev–Trinajstić information content (AvgIpc) is 3.42. The van der Waals surface area contributed by atoms with Crippen LogP contribution in [0.3, 0.4) is 0 Å². The Morgan fingerprint density at radius 2 is 0.816 bits per heavy atom.